The molecule has 6 heavy (non-hydrogen) atoms. The number of carbonyl (C=O) groups excluding carboxylic acids is 1. The molecule has 32 valence electrons. The summed E-state index contributed by atoms with van der Waals surface area (Å²) in [7, 11) is 0. The summed E-state index contributed by atoms with van der Waals surface area (Å²) < 4.78 is 0. The fourth-order valence-electron chi connectivity index (χ4n) is 0.0450. The first-order chi connectivity index (χ1) is 2.77. The van der Waals surface area contributed by atoms with Crippen molar-refractivity contribution in [2.45, 2.75) is 0 Å². The van der Waals surface area contributed by atoms with Crippen LogP contribution in [0, 0.1) is 11.3 Å². The third-order valence-corrected chi connectivity index (χ3v) is 0.156. The van der Waals surface area contributed by atoms with Gasteiger partial charge in [0.25, 0.3) is 0 Å². The highest BCUT2D eigenvalue weighted by atomic mass is 16.4. The van der Waals surface area contributed by atoms with Gasteiger partial charge in [-0.3, -0.25) is 4.79 Å². The van der Waals surface area contributed by atoms with E-state index in [0.717, 1.165) is 0 Å². The Labute approximate surface area is 34.0 Å². The molecule has 4 heteroatoms. The first-order valence-corrected chi connectivity index (χ1v) is 1.15. The van der Waals surface area contributed by atoms with Gasteiger partial charge in [-0.15, -0.1) is 0 Å². The molecular weight excluding hydrogens is 84.0 g/mol. The second-order valence-corrected chi connectivity index (χ2v) is 0.567. The Kier molecular flexibility index (Phi) is 1.61. The molecule has 0 aromatic carbocycles. The van der Waals surface area contributed by atoms with Gasteiger partial charge in [0.2, 0.25) is 0 Å². The van der Waals surface area contributed by atoms with E-state index in [4.69, 9.17) is 5.21 Å². The van der Waals surface area contributed by atoms with E-state index < -0.39 is 5.91 Å². The van der Waals surface area contributed by atoms with Crippen LogP contribution in [0.25, 0.3) is 5.01 Å². The monoisotopic (exact) mass is 86.0 g/mol. The summed E-state index contributed by atoms with van der Waals surface area (Å²) in [6, 6.07) is 1.42. The van der Waals surface area contributed by atoms with E-state index in [1.807, 2.05) is 5.01 Å². The second-order valence-electron chi connectivity index (χ2n) is 0.567. The second kappa shape index (κ2) is 2.03. The first-order valence-electron chi connectivity index (χ1n) is 1.15. The van der Waals surface area contributed by atoms with Crippen molar-refractivity contribution in [1.29, 1.82) is 0 Å². The molecule has 0 aromatic rings. The molecule has 0 fully saturated rings. The number of hydrogen-bond donors (Lipinski definition) is 1. The van der Waals surface area contributed by atoms with E-state index in [0.29, 0.717) is 0 Å². The molecular formula is C2H2N2O2. The molecule has 0 saturated carbocycles. The Morgan fingerprint density at radius 3 is 2.50 bits per heavy atom. The fourth-order valence-corrected chi connectivity index (χ4v) is 0.0450. The van der Waals surface area contributed by atoms with Crippen LogP contribution in [0.5, 0.6) is 0 Å². The van der Waals surface area contributed by atoms with Gasteiger partial charge in [-0.1, -0.05) is 0 Å². The lowest BCUT2D eigenvalue weighted by atomic mass is 10.7. The van der Waals surface area contributed by atoms with Crippen LogP contribution in [0.15, 0.2) is 0 Å². The van der Waals surface area contributed by atoms with Gasteiger partial charge >= 0.3 is 12.0 Å². The van der Waals surface area contributed by atoms with Gasteiger partial charge in [-0.25, -0.2) is 0 Å². The van der Waals surface area contributed by atoms with Crippen LogP contribution in [-0.4, -0.2) is 5.91 Å². The normalized spacial score (nSPS) is 5.33. The molecule has 0 heterocycles. The Balaban J connectivity index is 3.50. The lowest BCUT2D eigenvalue weighted by Gasteiger charge is -1.55. The van der Waals surface area contributed by atoms with Gasteiger partial charge in [-0.05, 0) is 0 Å². The number of nitrogens with two attached hydrogens (primary N) is 1. The van der Waals surface area contributed by atoms with Crippen LogP contribution in [0.4, 0.5) is 0 Å². The molecule has 0 aromatic heterocycles. The van der Waals surface area contributed by atoms with Gasteiger partial charge in [0.15, 0.2) is 0 Å². The highest BCUT2D eigenvalue weighted by Gasteiger charge is 1.87. The van der Waals surface area contributed by atoms with Crippen LogP contribution in [0.3, 0.4) is 0 Å². The minimum Gasteiger partial charge on any atom is -0.498 e. The van der Waals surface area contributed by atoms with Gasteiger partial charge in [0, 0.05) is 5.01 Å². The topological polar surface area (TPSA) is 70.5 Å². The van der Waals surface area contributed by atoms with Crippen molar-refractivity contribution in [3.05, 3.63) is 10.2 Å². The third kappa shape index (κ3) is 2.76. The zero-order valence-electron chi connectivity index (χ0n) is 2.84. The van der Waals surface area contributed by atoms with Gasteiger partial charge in [-0.2, -0.15) is 0 Å². The number of carbonyl (C=O) groups is 1. The van der Waals surface area contributed by atoms with Crippen LogP contribution in [0.1, 0.15) is 0 Å². The highest BCUT2D eigenvalue weighted by molar-refractivity contribution is 5.90. The first kappa shape index (κ1) is 4.76. The lowest BCUT2D eigenvalue weighted by Crippen LogP contribution is -2.05. The Hall–Kier alpha value is -1.24. The molecule has 0 aliphatic carbocycles. The summed E-state index contributed by atoms with van der Waals surface area (Å²) in [5, 5.41) is 10.9. The largest absolute Gasteiger partial charge is 0.498 e. The molecule has 0 atom stereocenters. The Morgan fingerprint density at radius 1 is 2.00 bits per heavy atom. The average Bonchev–Trinajstić information content (AvgIpc) is 1.35. The standard InChI is InChI=1S/C2H2N2O2/c3-2(5)1-4-6/h(H2,3,5). The lowest BCUT2D eigenvalue weighted by molar-refractivity contribution is -0.112. The summed E-state index contributed by atoms with van der Waals surface area (Å²) in [4.78, 5) is 9.42. The fraction of sp³-hybridized carbons (Fsp3) is 0. The molecule has 0 rings (SSSR count). The van der Waals surface area contributed by atoms with Crippen LogP contribution in [-0.2, 0) is 4.79 Å². The van der Waals surface area contributed by atoms with Crippen molar-refractivity contribution in [3.8, 4) is 6.07 Å². The zero-order chi connectivity index (χ0) is 4.99. The maximum atomic E-state index is 9.42. The number of primary amides is 1. The summed E-state index contributed by atoms with van der Waals surface area (Å²) in [5.41, 5.74) is 4.36. The third-order valence-electron chi connectivity index (χ3n) is 0.156. The van der Waals surface area contributed by atoms with E-state index >= 15 is 0 Å². The minimum atomic E-state index is -0.940. The van der Waals surface area contributed by atoms with Crippen LogP contribution >= 0.6 is 0 Å². The summed E-state index contributed by atoms with van der Waals surface area (Å²) in [6.45, 7) is 0. The van der Waals surface area contributed by atoms with Crippen LogP contribution in [0.2, 0.25) is 0 Å². The zero-order valence-corrected chi connectivity index (χ0v) is 2.84. The smallest absolute Gasteiger partial charge is 0.399 e. The van der Waals surface area contributed by atoms with Crippen LogP contribution < -0.4 is 5.73 Å². The maximum Gasteiger partial charge on any atom is 0.399 e. The number of amides is 1. The molecule has 0 radical (unpaired) electrons. The number of nitrogens with zero attached hydrogens (tertiary/aromatic N) is 1. The predicted octanol–water partition coefficient (Wildman–Crippen LogP) is -0.698. The summed E-state index contributed by atoms with van der Waals surface area (Å²) in [6.07, 6.45) is 0. The minimum absolute atomic E-state index is 0.940. The molecule has 4 nitrogen and oxygen atoms in total. The molecule has 1 amide bonds. The van der Waals surface area contributed by atoms with E-state index in [1.165, 1.54) is 6.07 Å². The molecule has 0 bridgehead atoms. The van der Waals surface area contributed by atoms with Crippen molar-refractivity contribution < 1.29 is 4.79 Å². The Morgan fingerprint density at radius 2 is 2.50 bits per heavy atom. The Bertz CT molecular complexity index is 108. The van der Waals surface area contributed by atoms with Crippen molar-refractivity contribution in [1.82, 2.24) is 0 Å². The predicted molar refractivity (Wildman–Crippen MR) is 19.8 cm³/mol. The summed E-state index contributed by atoms with van der Waals surface area (Å²) in [5.74, 6) is -0.940. The SMILES string of the molecule is NC(=O)C#[N+][O-]. The van der Waals surface area contributed by atoms with Crippen molar-refractivity contribution in [2.24, 2.45) is 5.73 Å². The van der Waals surface area contributed by atoms with E-state index in [1.54, 1.807) is 0 Å². The van der Waals surface area contributed by atoms with Gasteiger partial charge < -0.3 is 10.9 Å². The molecule has 0 aliphatic rings. The van der Waals surface area contributed by atoms with Gasteiger partial charge in [0.05, 0.1) is 0 Å². The number of hydrogen-bond acceptors (Lipinski definition) is 2. The molecule has 0 saturated heterocycles. The van der Waals surface area contributed by atoms with Crippen molar-refractivity contribution in [2.75, 3.05) is 0 Å². The van der Waals surface area contributed by atoms with E-state index in [-0.39, 0.29) is 0 Å². The van der Waals surface area contributed by atoms with Crippen molar-refractivity contribution >= 4 is 5.91 Å². The summed E-state index contributed by atoms with van der Waals surface area (Å²) >= 11 is 0. The molecule has 0 aliphatic heterocycles. The molecule has 0 spiro atoms. The van der Waals surface area contributed by atoms with E-state index in [9.17, 15) is 4.79 Å². The number of rotatable bonds is 0. The van der Waals surface area contributed by atoms with Gasteiger partial charge in [0.1, 0.15) is 0 Å². The molecule has 0 unspecified atom stereocenters. The maximum absolute atomic E-state index is 9.42. The highest BCUT2D eigenvalue weighted by Crippen LogP contribution is 1.52. The van der Waals surface area contributed by atoms with Crippen molar-refractivity contribution in [3.63, 3.8) is 0 Å². The molecule has 2 N–H and O–H groups in total. The van der Waals surface area contributed by atoms with E-state index in [2.05, 4.69) is 5.73 Å². The quantitative estimate of drug-likeness (QED) is 0.313. The average molecular weight is 86.0 g/mol.